The zero-order chi connectivity index (χ0) is 9.84. The van der Waals surface area contributed by atoms with Gasteiger partial charge in [-0.05, 0) is 18.3 Å². The molecule has 1 N–H and O–H groups in total. The van der Waals surface area contributed by atoms with E-state index in [1.165, 1.54) is 4.90 Å². The fourth-order valence-electron chi connectivity index (χ4n) is 1.79. The lowest BCUT2D eigenvalue weighted by atomic mass is 9.85. The summed E-state index contributed by atoms with van der Waals surface area (Å²) in [6.07, 6.45) is 0.526. The molecule has 2 unspecified atom stereocenters. The van der Waals surface area contributed by atoms with Crippen molar-refractivity contribution in [3.63, 3.8) is 0 Å². The summed E-state index contributed by atoms with van der Waals surface area (Å²) in [4.78, 5) is 12.1. The smallest absolute Gasteiger partial charge is 0.407 e. The van der Waals surface area contributed by atoms with Gasteiger partial charge in [0.2, 0.25) is 0 Å². The van der Waals surface area contributed by atoms with Crippen molar-refractivity contribution in [1.29, 1.82) is 5.26 Å². The van der Waals surface area contributed by atoms with E-state index in [1.807, 2.05) is 6.92 Å². The first-order chi connectivity index (χ1) is 6.15. The molecular formula is C9H14N2O2. The van der Waals surface area contributed by atoms with Crippen LogP contribution in [-0.4, -0.2) is 29.2 Å². The largest absolute Gasteiger partial charge is 0.465 e. The van der Waals surface area contributed by atoms with Gasteiger partial charge in [-0.2, -0.15) is 5.26 Å². The van der Waals surface area contributed by atoms with Crippen LogP contribution < -0.4 is 0 Å². The summed E-state index contributed by atoms with van der Waals surface area (Å²) in [7, 11) is 0. The summed E-state index contributed by atoms with van der Waals surface area (Å²) < 4.78 is 0. The fraction of sp³-hybridized carbons (Fsp3) is 0.778. The third-order valence-electron chi connectivity index (χ3n) is 2.71. The average molecular weight is 182 g/mol. The number of carboxylic acid groups (broad SMARTS) is 1. The highest BCUT2D eigenvalue weighted by Crippen LogP contribution is 2.25. The van der Waals surface area contributed by atoms with Gasteiger partial charge in [0.25, 0.3) is 0 Å². The number of hydrogen-bond acceptors (Lipinski definition) is 2. The van der Waals surface area contributed by atoms with Gasteiger partial charge in [-0.3, -0.25) is 0 Å². The van der Waals surface area contributed by atoms with Gasteiger partial charge in [0.15, 0.2) is 0 Å². The van der Waals surface area contributed by atoms with E-state index in [1.54, 1.807) is 0 Å². The Morgan fingerprint density at radius 2 is 2.46 bits per heavy atom. The number of piperidine rings is 1. The number of likely N-dealkylation sites (tertiary alicyclic amines) is 1. The number of carbonyl (C=O) groups is 1. The van der Waals surface area contributed by atoms with E-state index in [0.29, 0.717) is 31.3 Å². The minimum absolute atomic E-state index is 0.310. The number of rotatable bonds is 1. The highest BCUT2D eigenvalue weighted by atomic mass is 16.4. The molecule has 0 radical (unpaired) electrons. The SMILES string of the molecule is CC1CN(C(=O)O)CCC1CC#N. The fourth-order valence-corrected chi connectivity index (χ4v) is 1.79. The van der Waals surface area contributed by atoms with Crippen LogP contribution in [0.1, 0.15) is 19.8 Å². The molecule has 0 aromatic rings. The van der Waals surface area contributed by atoms with Gasteiger partial charge >= 0.3 is 6.09 Å². The maximum atomic E-state index is 10.6. The van der Waals surface area contributed by atoms with E-state index in [4.69, 9.17) is 10.4 Å². The Kier molecular flexibility index (Phi) is 3.13. The summed E-state index contributed by atoms with van der Waals surface area (Å²) in [6, 6.07) is 2.15. The van der Waals surface area contributed by atoms with E-state index < -0.39 is 6.09 Å². The molecule has 1 aliphatic heterocycles. The van der Waals surface area contributed by atoms with Crippen molar-refractivity contribution in [2.75, 3.05) is 13.1 Å². The minimum atomic E-state index is -0.845. The quantitative estimate of drug-likeness (QED) is 0.668. The van der Waals surface area contributed by atoms with Gasteiger partial charge in [-0.1, -0.05) is 6.92 Å². The summed E-state index contributed by atoms with van der Waals surface area (Å²) in [5, 5.41) is 17.3. The number of nitriles is 1. The second-order valence-corrected chi connectivity index (χ2v) is 3.62. The van der Waals surface area contributed by atoms with Crippen molar-refractivity contribution in [3.05, 3.63) is 0 Å². The van der Waals surface area contributed by atoms with Gasteiger partial charge < -0.3 is 10.0 Å². The molecule has 1 rings (SSSR count). The molecule has 0 spiro atoms. The minimum Gasteiger partial charge on any atom is -0.465 e. The van der Waals surface area contributed by atoms with Crippen LogP contribution in [0.25, 0.3) is 0 Å². The van der Waals surface area contributed by atoms with Gasteiger partial charge in [0, 0.05) is 19.5 Å². The molecule has 1 heterocycles. The van der Waals surface area contributed by atoms with Crippen LogP contribution in [0.4, 0.5) is 4.79 Å². The van der Waals surface area contributed by atoms with Crippen molar-refractivity contribution in [3.8, 4) is 6.07 Å². The zero-order valence-electron chi connectivity index (χ0n) is 7.73. The van der Waals surface area contributed by atoms with E-state index in [2.05, 4.69) is 6.07 Å². The third kappa shape index (κ3) is 2.35. The topological polar surface area (TPSA) is 64.3 Å². The molecule has 4 nitrogen and oxygen atoms in total. The lowest BCUT2D eigenvalue weighted by molar-refractivity contribution is 0.103. The number of nitrogens with zero attached hydrogens (tertiary/aromatic N) is 2. The molecule has 0 saturated carbocycles. The molecule has 0 aliphatic carbocycles. The Balaban J connectivity index is 2.47. The van der Waals surface area contributed by atoms with Crippen LogP contribution in [0, 0.1) is 23.2 Å². The Labute approximate surface area is 77.8 Å². The first-order valence-corrected chi connectivity index (χ1v) is 4.50. The van der Waals surface area contributed by atoms with E-state index in [0.717, 1.165) is 6.42 Å². The van der Waals surface area contributed by atoms with E-state index in [9.17, 15) is 4.79 Å². The molecule has 1 aliphatic rings. The molecule has 72 valence electrons. The van der Waals surface area contributed by atoms with E-state index in [-0.39, 0.29) is 0 Å². The molecule has 2 atom stereocenters. The molecule has 1 fully saturated rings. The second kappa shape index (κ2) is 4.13. The molecule has 1 saturated heterocycles. The Morgan fingerprint density at radius 1 is 1.77 bits per heavy atom. The van der Waals surface area contributed by atoms with Crippen molar-refractivity contribution in [1.82, 2.24) is 4.90 Å². The van der Waals surface area contributed by atoms with Crippen molar-refractivity contribution in [2.45, 2.75) is 19.8 Å². The normalized spacial score (nSPS) is 28.2. The summed E-state index contributed by atoms with van der Waals surface area (Å²) in [5.41, 5.74) is 0. The lowest BCUT2D eigenvalue weighted by Crippen LogP contribution is -2.42. The van der Waals surface area contributed by atoms with Crippen LogP contribution in [0.5, 0.6) is 0 Å². The van der Waals surface area contributed by atoms with Gasteiger partial charge in [0.05, 0.1) is 6.07 Å². The van der Waals surface area contributed by atoms with Gasteiger partial charge in [-0.15, -0.1) is 0 Å². The van der Waals surface area contributed by atoms with Gasteiger partial charge in [0.1, 0.15) is 0 Å². The Morgan fingerprint density at radius 3 is 2.92 bits per heavy atom. The monoisotopic (exact) mass is 182 g/mol. The molecular weight excluding hydrogens is 168 g/mol. The molecule has 13 heavy (non-hydrogen) atoms. The van der Waals surface area contributed by atoms with Crippen molar-refractivity contribution >= 4 is 6.09 Å². The van der Waals surface area contributed by atoms with Crippen LogP contribution in [0.3, 0.4) is 0 Å². The summed E-state index contributed by atoms with van der Waals surface area (Å²) >= 11 is 0. The average Bonchev–Trinajstić information content (AvgIpc) is 2.08. The van der Waals surface area contributed by atoms with Crippen LogP contribution in [0.2, 0.25) is 0 Å². The van der Waals surface area contributed by atoms with Crippen molar-refractivity contribution in [2.24, 2.45) is 11.8 Å². The van der Waals surface area contributed by atoms with Crippen LogP contribution >= 0.6 is 0 Å². The number of amides is 1. The molecule has 0 bridgehead atoms. The van der Waals surface area contributed by atoms with Crippen LogP contribution in [0.15, 0.2) is 0 Å². The Bertz CT molecular complexity index is 234. The van der Waals surface area contributed by atoms with E-state index >= 15 is 0 Å². The van der Waals surface area contributed by atoms with Crippen molar-refractivity contribution < 1.29 is 9.90 Å². The first kappa shape index (κ1) is 9.85. The highest BCUT2D eigenvalue weighted by Gasteiger charge is 2.27. The summed E-state index contributed by atoms with van der Waals surface area (Å²) in [5.74, 6) is 0.685. The number of hydrogen-bond donors (Lipinski definition) is 1. The maximum absolute atomic E-state index is 10.6. The molecule has 0 aromatic heterocycles. The Hall–Kier alpha value is -1.24. The first-order valence-electron chi connectivity index (χ1n) is 4.50. The molecule has 1 amide bonds. The lowest BCUT2D eigenvalue weighted by Gasteiger charge is -2.34. The predicted octanol–water partition coefficient (Wildman–Crippen LogP) is 1.54. The summed E-state index contributed by atoms with van der Waals surface area (Å²) in [6.45, 7) is 3.16. The molecule has 0 aromatic carbocycles. The second-order valence-electron chi connectivity index (χ2n) is 3.62. The predicted molar refractivity (Wildman–Crippen MR) is 47.1 cm³/mol. The standard InChI is InChI=1S/C9H14N2O2/c1-7-6-11(9(12)13)5-3-8(7)2-4-10/h7-8H,2-3,5-6H2,1H3,(H,12,13). The third-order valence-corrected chi connectivity index (χ3v) is 2.71. The van der Waals surface area contributed by atoms with Crippen LogP contribution in [-0.2, 0) is 0 Å². The maximum Gasteiger partial charge on any atom is 0.407 e. The van der Waals surface area contributed by atoms with Gasteiger partial charge in [-0.25, -0.2) is 4.79 Å². The zero-order valence-corrected chi connectivity index (χ0v) is 7.73. The highest BCUT2D eigenvalue weighted by molar-refractivity contribution is 5.65. The molecule has 4 heteroatoms.